The molecule has 12 heavy (non-hydrogen) atoms. The number of rotatable bonds is 1. The summed E-state index contributed by atoms with van der Waals surface area (Å²) in [4.78, 5) is 4.14. The van der Waals surface area contributed by atoms with E-state index in [9.17, 15) is 0 Å². The second-order valence-electron chi connectivity index (χ2n) is 2.70. The fourth-order valence-corrected chi connectivity index (χ4v) is 1.50. The van der Waals surface area contributed by atoms with E-state index in [0.29, 0.717) is 6.54 Å². The third-order valence-corrected chi connectivity index (χ3v) is 2.17. The normalized spacial score (nSPS) is 20.6. The van der Waals surface area contributed by atoms with Crippen molar-refractivity contribution in [3.63, 3.8) is 0 Å². The molecule has 0 spiro atoms. The minimum absolute atomic E-state index is 0.0899. The van der Waals surface area contributed by atoms with Crippen molar-refractivity contribution >= 4 is 18.1 Å². The summed E-state index contributed by atoms with van der Waals surface area (Å²) >= 11 is 5.33. The maximum Gasteiger partial charge on any atom is 0.124 e. The van der Waals surface area contributed by atoms with E-state index in [1.807, 2.05) is 30.5 Å². The van der Waals surface area contributed by atoms with Crippen LogP contribution >= 0.6 is 11.9 Å². The Morgan fingerprint density at radius 3 is 3.08 bits per heavy atom. The molecule has 1 aliphatic rings. The highest BCUT2D eigenvalue weighted by molar-refractivity contribution is 6.07. The summed E-state index contributed by atoms with van der Waals surface area (Å²) in [7, 11) is 0. The Hall–Kier alpha value is -0.860. The van der Waals surface area contributed by atoms with Crippen LogP contribution in [0.2, 0.25) is 0 Å². The molecule has 0 N–H and O–H groups in total. The van der Waals surface area contributed by atoms with Crippen LogP contribution in [-0.4, -0.2) is 12.8 Å². The molecule has 2 nitrogen and oxygen atoms in total. The van der Waals surface area contributed by atoms with E-state index in [1.54, 1.807) is 0 Å². The van der Waals surface area contributed by atoms with Gasteiger partial charge in [-0.1, -0.05) is 24.3 Å². The molecule has 1 aromatic carbocycles. The van der Waals surface area contributed by atoms with Crippen LogP contribution in [-0.2, 0) is 4.29 Å². The van der Waals surface area contributed by atoms with Crippen molar-refractivity contribution in [2.45, 2.75) is 6.10 Å². The van der Waals surface area contributed by atoms with E-state index in [2.05, 4.69) is 4.99 Å². The van der Waals surface area contributed by atoms with Gasteiger partial charge in [0.25, 0.3) is 0 Å². The summed E-state index contributed by atoms with van der Waals surface area (Å²) in [5, 5.41) is 0. The number of halogens is 1. The molecule has 0 fully saturated rings. The van der Waals surface area contributed by atoms with Gasteiger partial charge in [0.2, 0.25) is 0 Å². The maximum absolute atomic E-state index is 5.33. The first kappa shape index (κ1) is 7.77. The van der Waals surface area contributed by atoms with Crippen LogP contribution in [0.25, 0.3) is 0 Å². The highest BCUT2D eigenvalue weighted by Crippen LogP contribution is 2.24. The van der Waals surface area contributed by atoms with Gasteiger partial charge >= 0.3 is 0 Å². The number of aliphatic imine (C=N–C) groups is 1. The summed E-state index contributed by atoms with van der Waals surface area (Å²) in [6.07, 6.45) is 1.76. The zero-order valence-electron chi connectivity index (χ0n) is 6.40. The first-order chi connectivity index (χ1) is 5.92. The summed E-state index contributed by atoms with van der Waals surface area (Å²) in [6, 6.07) is 7.96. The quantitative estimate of drug-likeness (QED) is 0.652. The molecule has 1 aromatic rings. The Kier molecular flexibility index (Phi) is 2.11. The van der Waals surface area contributed by atoms with Crippen molar-refractivity contribution in [1.29, 1.82) is 0 Å². The van der Waals surface area contributed by atoms with E-state index < -0.39 is 0 Å². The fraction of sp³-hybridized carbons (Fsp3) is 0.222. The van der Waals surface area contributed by atoms with E-state index in [-0.39, 0.29) is 6.10 Å². The van der Waals surface area contributed by atoms with Crippen LogP contribution in [0.5, 0.6) is 0 Å². The number of fused-ring (bicyclic) bond motifs is 1. The summed E-state index contributed by atoms with van der Waals surface area (Å²) < 4.78 is 4.78. The van der Waals surface area contributed by atoms with Crippen LogP contribution in [0, 0.1) is 0 Å². The van der Waals surface area contributed by atoms with E-state index >= 15 is 0 Å². The lowest BCUT2D eigenvalue weighted by Gasteiger charge is -2.17. The predicted molar refractivity (Wildman–Crippen MR) is 48.6 cm³/mol. The highest BCUT2D eigenvalue weighted by atomic mass is 35.5. The van der Waals surface area contributed by atoms with Gasteiger partial charge in [-0.15, -0.1) is 0 Å². The topological polar surface area (TPSA) is 21.6 Å². The molecule has 1 aliphatic heterocycles. The first-order valence-corrected chi connectivity index (χ1v) is 4.09. The molecule has 0 saturated heterocycles. The molecular weight excluding hydrogens is 174 g/mol. The minimum Gasteiger partial charge on any atom is -0.289 e. The lowest BCUT2D eigenvalue weighted by molar-refractivity contribution is 0.237. The van der Waals surface area contributed by atoms with Crippen molar-refractivity contribution in [2.75, 3.05) is 6.54 Å². The van der Waals surface area contributed by atoms with Crippen LogP contribution in [0.1, 0.15) is 17.2 Å². The Morgan fingerprint density at radius 1 is 1.42 bits per heavy atom. The Morgan fingerprint density at radius 2 is 2.25 bits per heavy atom. The minimum atomic E-state index is -0.0899. The largest absolute Gasteiger partial charge is 0.289 e. The van der Waals surface area contributed by atoms with Gasteiger partial charge in [-0.2, -0.15) is 0 Å². The predicted octanol–water partition coefficient (Wildman–Crippen LogP) is 2.33. The maximum atomic E-state index is 5.33. The van der Waals surface area contributed by atoms with Gasteiger partial charge in [0, 0.05) is 6.21 Å². The number of hydrogen-bond acceptors (Lipinski definition) is 2. The van der Waals surface area contributed by atoms with Gasteiger partial charge in [0.15, 0.2) is 0 Å². The van der Waals surface area contributed by atoms with Crippen molar-refractivity contribution < 1.29 is 4.29 Å². The first-order valence-electron chi connectivity index (χ1n) is 3.78. The van der Waals surface area contributed by atoms with Crippen molar-refractivity contribution in [3.05, 3.63) is 35.4 Å². The van der Waals surface area contributed by atoms with Gasteiger partial charge in [-0.3, -0.25) is 9.28 Å². The fourth-order valence-electron chi connectivity index (χ4n) is 1.34. The lowest BCUT2D eigenvalue weighted by Crippen LogP contribution is -2.10. The third kappa shape index (κ3) is 1.24. The Labute approximate surface area is 76.0 Å². The molecule has 0 bridgehead atoms. The molecule has 0 aliphatic carbocycles. The molecule has 1 heterocycles. The second kappa shape index (κ2) is 3.25. The Bertz CT molecular complexity index is 311. The summed E-state index contributed by atoms with van der Waals surface area (Å²) in [6.45, 7) is 0.612. The second-order valence-corrected chi connectivity index (χ2v) is 2.88. The Balaban J connectivity index is 2.45. The van der Waals surface area contributed by atoms with Crippen LogP contribution < -0.4 is 0 Å². The van der Waals surface area contributed by atoms with E-state index in [0.717, 1.165) is 11.1 Å². The van der Waals surface area contributed by atoms with E-state index in [1.165, 1.54) is 0 Å². The highest BCUT2D eigenvalue weighted by Gasteiger charge is 2.16. The lowest BCUT2D eigenvalue weighted by atomic mass is 10.0. The monoisotopic (exact) mass is 181 g/mol. The standard InChI is InChI=1S/C9H8ClNO/c10-12-9-6-11-5-7-3-1-2-4-8(7)9/h1-5,9H,6H2. The van der Waals surface area contributed by atoms with Crippen molar-refractivity contribution in [1.82, 2.24) is 0 Å². The molecular formula is C9H8ClNO. The molecule has 3 heteroatoms. The van der Waals surface area contributed by atoms with Crippen molar-refractivity contribution in [2.24, 2.45) is 4.99 Å². The number of hydrogen-bond donors (Lipinski definition) is 0. The molecule has 0 radical (unpaired) electrons. The zero-order chi connectivity index (χ0) is 8.39. The smallest absolute Gasteiger partial charge is 0.124 e. The summed E-state index contributed by atoms with van der Waals surface area (Å²) in [5.41, 5.74) is 2.21. The van der Waals surface area contributed by atoms with Gasteiger partial charge in [-0.25, -0.2) is 0 Å². The number of nitrogens with zero attached hydrogens (tertiary/aromatic N) is 1. The number of benzene rings is 1. The molecule has 2 rings (SSSR count). The van der Waals surface area contributed by atoms with Crippen molar-refractivity contribution in [3.8, 4) is 0 Å². The van der Waals surface area contributed by atoms with Crippen LogP contribution in [0.3, 0.4) is 0 Å². The molecule has 0 amide bonds. The molecule has 0 aromatic heterocycles. The molecule has 1 atom stereocenters. The molecule has 1 unspecified atom stereocenters. The van der Waals surface area contributed by atoms with Crippen LogP contribution in [0.15, 0.2) is 29.3 Å². The van der Waals surface area contributed by atoms with Crippen LogP contribution in [0.4, 0.5) is 0 Å². The van der Waals surface area contributed by atoms with Gasteiger partial charge in [0.05, 0.1) is 18.4 Å². The van der Waals surface area contributed by atoms with Gasteiger partial charge in [0.1, 0.15) is 6.10 Å². The average molecular weight is 182 g/mol. The average Bonchev–Trinajstić information content (AvgIpc) is 2.17. The SMILES string of the molecule is ClOC1CN=Cc2ccccc21. The third-order valence-electron chi connectivity index (χ3n) is 1.95. The van der Waals surface area contributed by atoms with E-state index in [4.69, 9.17) is 16.2 Å². The zero-order valence-corrected chi connectivity index (χ0v) is 7.16. The molecule has 62 valence electrons. The summed E-state index contributed by atoms with van der Waals surface area (Å²) in [5.74, 6) is 0. The van der Waals surface area contributed by atoms with Gasteiger partial charge in [-0.05, 0) is 11.1 Å². The molecule has 0 saturated carbocycles. The van der Waals surface area contributed by atoms with Gasteiger partial charge < -0.3 is 0 Å².